The SMILES string of the molecule is COCCOc1ccc(PC(=O)c2c(OC)cccc2OC)cc1.[LiH]. The minimum atomic E-state index is -0.0302. The summed E-state index contributed by atoms with van der Waals surface area (Å²) in [6, 6.07) is 12.8. The van der Waals surface area contributed by atoms with Gasteiger partial charge in [0.25, 0.3) is 0 Å². The van der Waals surface area contributed by atoms with E-state index in [1.54, 1.807) is 39.5 Å². The van der Waals surface area contributed by atoms with E-state index in [0.29, 0.717) is 30.3 Å². The van der Waals surface area contributed by atoms with E-state index < -0.39 is 0 Å². The van der Waals surface area contributed by atoms with E-state index in [1.165, 1.54) is 0 Å². The summed E-state index contributed by atoms with van der Waals surface area (Å²) in [6.45, 7) is 1.03. The van der Waals surface area contributed by atoms with Gasteiger partial charge < -0.3 is 18.9 Å². The van der Waals surface area contributed by atoms with Crippen molar-refractivity contribution in [1.82, 2.24) is 0 Å². The summed E-state index contributed by atoms with van der Waals surface area (Å²) < 4.78 is 21.0. The molecular weight excluding hydrogens is 334 g/mol. The Labute approximate surface area is 162 Å². The molecule has 1 unspecified atom stereocenters. The first kappa shape index (κ1) is 21.5. The van der Waals surface area contributed by atoms with E-state index in [0.717, 1.165) is 11.1 Å². The van der Waals surface area contributed by atoms with Crippen LogP contribution in [0, 0.1) is 0 Å². The second-order valence-corrected chi connectivity index (χ2v) is 6.14. The second-order valence-electron chi connectivity index (χ2n) is 4.86. The Morgan fingerprint density at radius 3 is 2.04 bits per heavy atom. The molecule has 0 radical (unpaired) electrons. The van der Waals surface area contributed by atoms with E-state index in [-0.39, 0.29) is 33.0 Å². The van der Waals surface area contributed by atoms with Gasteiger partial charge in [0.2, 0.25) is 0 Å². The molecule has 2 aromatic rings. The molecule has 0 aromatic heterocycles. The molecule has 0 spiro atoms. The molecule has 130 valence electrons. The minimum absolute atomic E-state index is 0. The maximum atomic E-state index is 12.7. The van der Waals surface area contributed by atoms with Gasteiger partial charge in [-0.15, -0.1) is 0 Å². The molecule has 2 aromatic carbocycles. The third kappa shape index (κ3) is 6.06. The van der Waals surface area contributed by atoms with Gasteiger partial charge >= 0.3 is 18.9 Å². The summed E-state index contributed by atoms with van der Waals surface area (Å²) in [6.07, 6.45) is 0. The van der Waals surface area contributed by atoms with E-state index in [2.05, 4.69) is 0 Å². The van der Waals surface area contributed by atoms with Crippen molar-refractivity contribution in [3.8, 4) is 17.2 Å². The van der Waals surface area contributed by atoms with Crippen LogP contribution in [0.5, 0.6) is 17.2 Å². The van der Waals surface area contributed by atoms with Crippen LogP contribution in [-0.2, 0) is 4.74 Å². The average Bonchev–Trinajstić information content (AvgIpc) is 2.62. The fourth-order valence-electron chi connectivity index (χ4n) is 2.15. The van der Waals surface area contributed by atoms with Crippen LogP contribution in [0.2, 0.25) is 0 Å². The Kier molecular flexibility index (Phi) is 9.63. The number of benzene rings is 2. The number of rotatable bonds is 9. The zero-order valence-corrected chi connectivity index (χ0v) is 15.0. The molecular formula is C18H22LiO5P. The Hall–Kier alpha value is -1.50. The van der Waals surface area contributed by atoms with Crippen molar-refractivity contribution in [2.75, 3.05) is 34.5 Å². The Balaban J connectivity index is 0.00000312. The van der Waals surface area contributed by atoms with Crippen molar-refractivity contribution < 1.29 is 23.7 Å². The van der Waals surface area contributed by atoms with Crippen LogP contribution in [0.3, 0.4) is 0 Å². The first-order valence-electron chi connectivity index (χ1n) is 7.43. The normalized spacial score (nSPS) is 10.4. The summed E-state index contributed by atoms with van der Waals surface area (Å²) in [5.74, 6) is 1.79. The first-order chi connectivity index (χ1) is 11.7. The molecule has 0 N–H and O–H groups in total. The van der Waals surface area contributed by atoms with Crippen LogP contribution < -0.4 is 19.5 Å². The van der Waals surface area contributed by atoms with Crippen LogP contribution in [-0.4, -0.2) is 58.9 Å². The standard InChI is InChI=1S/C18H21O5P.Li.H/c1-20-11-12-23-13-7-9-14(10-8-13)24-18(19)17-15(21-2)5-4-6-16(17)22-3;;/h4-10,24H,11-12H2,1-3H3;;. The molecule has 0 bridgehead atoms. The average molecular weight is 356 g/mol. The Morgan fingerprint density at radius 2 is 1.52 bits per heavy atom. The van der Waals surface area contributed by atoms with Crippen LogP contribution in [0.15, 0.2) is 42.5 Å². The molecule has 5 nitrogen and oxygen atoms in total. The van der Waals surface area contributed by atoms with Crippen LogP contribution in [0.1, 0.15) is 10.4 Å². The fourth-order valence-corrected chi connectivity index (χ4v) is 3.11. The number of carbonyl (C=O) groups is 1. The summed E-state index contributed by atoms with van der Waals surface area (Å²) in [4.78, 5) is 12.7. The van der Waals surface area contributed by atoms with Gasteiger partial charge in [0.15, 0.2) is 5.52 Å². The van der Waals surface area contributed by atoms with Crippen LogP contribution in [0.25, 0.3) is 0 Å². The molecule has 2 rings (SSSR count). The Bertz CT molecular complexity index is 653. The van der Waals surface area contributed by atoms with E-state index >= 15 is 0 Å². The monoisotopic (exact) mass is 356 g/mol. The first-order valence-corrected chi connectivity index (χ1v) is 8.43. The summed E-state index contributed by atoms with van der Waals surface area (Å²) in [5, 5.41) is 0.923. The second kappa shape index (κ2) is 11.2. The maximum absolute atomic E-state index is 12.7. The summed E-state index contributed by atoms with van der Waals surface area (Å²) in [7, 11) is 4.69. The van der Waals surface area contributed by atoms with Gasteiger partial charge in [0.1, 0.15) is 29.4 Å². The third-order valence-corrected chi connectivity index (χ3v) is 4.42. The fraction of sp³-hybridized carbons (Fsp3) is 0.278. The van der Waals surface area contributed by atoms with Gasteiger partial charge in [-0.25, -0.2) is 0 Å². The number of carbonyl (C=O) groups excluding carboxylic acids is 1. The molecule has 7 heteroatoms. The predicted octanol–water partition coefficient (Wildman–Crippen LogP) is 2.22. The van der Waals surface area contributed by atoms with E-state index in [1.807, 2.05) is 24.3 Å². The van der Waals surface area contributed by atoms with Crippen molar-refractivity contribution in [2.45, 2.75) is 0 Å². The molecule has 0 aliphatic heterocycles. The topological polar surface area (TPSA) is 54.0 Å². The van der Waals surface area contributed by atoms with Crippen molar-refractivity contribution in [3.05, 3.63) is 48.0 Å². The van der Waals surface area contributed by atoms with Crippen molar-refractivity contribution in [1.29, 1.82) is 0 Å². The quantitative estimate of drug-likeness (QED) is 0.392. The summed E-state index contributed by atoms with van der Waals surface area (Å²) in [5.41, 5.74) is 0.443. The molecule has 25 heavy (non-hydrogen) atoms. The molecule has 0 saturated carbocycles. The van der Waals surface area contributed by atoms with Crippen molar-refractivity contribution in [3.63, 3.8) is 0 Å². The van der Waals surface area contributed by atoms with Crippen LogP contribution in [0.4, 0.5) is 0 Å². The van der Waals surface area contributed by atoms with Gasteiger partial charge in [-0.2, -0.15) is 0 Å². The third-order valence-electron chi connectivity index (χ3n) is 3.32. The predicted molar refractivity (Wildman–Crippen MR) is 103 cm³/mol. The zero-order valence-electron chi connectivity index (χ0n) is 14.0. The summed E-state index contributed by atoms with van der Waals surface area (Å²) >= 11 is 0. The van der Waals surface area contributed by atoms with E-state index in [9.17, 15) is 4.79 Å². The molecule has 0 heterocycles. The van der Waals surface area contributed by atoms with Gasteiger partial charge in [0, 0.05) is 7.11 Å². The van der Waals surface area contributed by atoms with Gasteiger partial charge in [0.05, 0.1) is 20.8 Å². The number of ether oxygens (including phenoxy) is 4. The Morgan fingerprint density at radius 1 is 0.920 bits per heavy atom. The molecule has 0 aliphatic carbocycles. The molecule has 0 fully saturated rings. The van der Waals surface area contributed by atoms with Crippen molar-refractivity contribution >= 4 is 38.3 Å². The van der Waals surface area contributed by atoms with Gasteiger partial charge in [-0.3, -0.25) is 4.79 Å². The molecule has 0 saturated heterocycles. The van der Waals surface area contributed by atoms with E-state index in [4.69, 9.17) is 18.9 Å². The van der Waals surface area contributed by atoms with Gasteiger partial charge in [-0.1, -0.05) is 18.2 Å². The number of hydrogen-bond donors (Lipinski definition) is 0. The molecule has 0 aliphatic rings. The number of hydrogen-bond acceptors (Lipinski definition) is 5. The molecule has 0 amide bonds. The molecule has 1 atom stereocenters. The number of methoxy groups -OCH3 is 3. The zero-order chi connectivity index (χ0) is 17.4. The van der Waals surface area contributed by atoms with Gasteiger partial charge in [-0.05, 0) is 38.2 Å². The van der Waals surface area contributed by atoms with Crippen LogP contribution >= 0.6 is 8.58 Å². The van der Waals surface area contributed by atoms with Crippen molar-refractivity contribution in [2.24, 2.45) is 0 Å².